The van der Waals surface area contributed by atoms with Crippen LogP contribution in [0.2, 0.25) is 0 Å². The molecule has 0 aliphatic heterocycles. The van der Waals surface area contributed by atoms with Crippen LogP contribution in [0.3, 0.4) is 0 Å². The molecule has 0 aliphatic rings. The summed E-state index contributed by atoms with van der Waals surface area (Å²) >= 11 is 0. The Bertz CT molecular complexity index is 634. The first kappa shape index (κ1) is 13.6. The van der Waals surface area contributed by atoms with Crippen LogP contribution in [-0.4, -0.2) is 24.2 Å². The van der Waals surface area contributed by atoms with E-state index in [1.807, 2.05) is 0 Å². The Morgan fingerprint density at radius 2 is 1.65 bits per heavy atom. The van der Waals surface area contributed by atoms with Crippen LogP contribution in [0.4, 0.5) is 0 Å². The van der Waals surface area contributed by atoms with Crippen molar-refractivity contribution >= 4 is 11.9 Å². The second kappa shape index (κ2) is 5.88. The highest BCUT2D eigenvalue weighted by Crippen LogP contribution is 2.28. The van der Waals surface area contributed by atoms with Crippen molar-refractivity contribution in [3.05, 3.63) is 59.7 Å². The van der Waals surface area contributed by atoms with Gasteiger partial charge in [-0.1, -0.05) is 18.2 Å². The Balaban J connectivity index is 2.25. The van der Waals surface area contributed by atoms with Gasteiger partial charge < -0.3 is 14.6 Å². The summed E-state index contributed by atoms with van der Waals surface area (Å²) in [5.41, 5.74) is 0.457. The lowest BCUT2D eigenvalue weighted by atomic mass is 10.2. The third-order valence-electron chi connectivity index (χ3n) is 2.62. The molecule has 5 nitrogen and oxygen atoms in total. The van der Waals surface area contributed by atoms with Gasteiger partial charge in [0.05, 0.1) is 18.2 Å². The van der Waals surface area contributed by atoms with Gasteiger partial charge >= 0.3 is 11.9 Å². The molecule has 0 saturated carbocycles. The van der Waals surface area contributed by atoms with E-state index in [-0.39, 0.29) is 17.1 Å². The highest BCUT2D eigenvalue weighted by atomic mass is 16.6. The number of hydrogen-bond donors (Lipinski definition) is 1. The monoisotopic (exact) mass is 272 g/mol. The smallest absolute Gasteiger partial charge is 0.343 e. The molecule has 0 fully saturated rings. The quantitative estimate of drug-likeness (QED) is 0.684. The molecule has 0 unspecified atom stereocenters. The molecular weight excluding hydrogens is 260 g/mol. The van der Waals surface area contributed by atoms with Gasteiger partial charge in [0.15, 0.2) is 11.5 Å². The molecule has 2 aromatic rings. The second-order valence-electron chi connectivity index (χ2n) is 3.93. The van der Waals surface area contributed by atoms with Crippen molar-refractivity contribution in [2.75, 3.05) is 7.11 Å². The van der Waals surface area contributed by atoms with E-state index in [2.05, 4.69) is 0 Å². The summed E-state index contributed by atoms with van der Waals surface area (Å²) in [6, 6.07) is 12.5. The molecule has 5 heteroatoms. The molecule has 0 saturated heterocycles. The zero-order valence-corrected chi connectivity index (χ0v) is 10.7. The summed E-state index contributed by atoms with van der Waals surface area (Å²) in [7, 11) is 1.38. The van der Waals surface area contributed by atoms with Crippen molar-refractivity contribution < 1.29 is 24.2 Å². The summed E-state index contributed by atoms with van der Waals surface area (Å²) in [6.45, 7) is 0. The third kappa shape index (κ3) is 2.95. The second-order valence-corrected chi connectivity index (χ2v) is 3.93. The van der Waals surface area contributed by atoms with E-state index in [1.54, 1.807) is 30.3 Å². The minimum atomic E-state index is -1.08. The molecule has 20 heavy (non-hydrogen) atoms. The van der Waals surface area contributed by atoms with Crippen molar-refractivity contribution in [3.63, 3.8) is 0 Å². The topological polar surface area (TPSA) is 72.8 Å². The summed E-state index contributed by atoms with van der Waals surface area (Å²) in [5, 5.41) is 8.89. The molecule has 0 radical (unpaired) electrons. The number of aromatic carboxylic acids is 1. The van der Waals surface area contributed by atoms with E-state index in [9.17, 15) is 9.59 Å². The lowest BCUT2D eigenvalue weighted by Crippen LogP contribution is -2.09. The number of hydrogen-bond acceptors (Lipinski definition) is 4. The average molecular weight is 272 g/mol. The number of ether oxygens (including phenoxy) is 2. The van der Waals surface area contributed by atoms with Crippen molar-refractivity contribution in [1.29, 1.82) is 0 Å². The predicted octanol–water partition coefficient (Wildman–Crippen LogP) is 2.61. The molecular formula is C15H12O5. The Morgan fingerprint density at radius 1 is 0.950 bits per heavy atom. The fraction of sp³-hybridized carbons (Fsp3) is 0.0667. The summed E-state index contributed by atoms with van der Waals surface area (Å²) in [4.78, 5) is 22.8. The molecule has 0 heterocycles. The van der Waals surface area contributed by atoms with Crippen LogP contribution < -0.4 is 9.47 Å². The van der Waals surface area contributed by atoms with Crippen LogP contribution in [0.1, 0.15) is 20.7 Å². The lowest BCUT2D eigenvalue weighted by Gasteiger charge is -2.09. The van der Waals surface area contributed by atoms with Gasteiger partial charge in [0.25, 0.3) is 0 Å². The molecule has 1 N–H and O–H groups in total. The fourth-order valence-electron chi connectivity index (χ4n) is 1.62. The minimum Gasteiger partial charge on any atom is -0.493 e. The van der Waals surface area contributed by atoms with Crippen molar-refractivity contribution in [2.24, 2.45) is 0 Å². The van der Waals surface area contributed by atoms with Crippen LogP contribution >= 0.6 is 0 Å². The molecule has 0 aromatic heterocycles. The third-order valence-corrected chi connectivity index (χ3v) is 2.62. The molecule has 0 aliphatic carbocycles. The van der Waals surface area contributed by atoms with Crippen molar-refractivity contribution in [2.45, 2.75) is 0 Å². The number of carbonyl (C=O) groups is 2. The number of carboxylic acid groups (broad SMARTS) is 1. The van der Waals surface area contributed by atoms with Gasteiger partial charge in [-0.05, 0) is 30.3 Å². The van der Waals surface area contributed by atoms with E-state index in [1.165, 1.54) is 25.3 Å². The van der Waals surface area contributed by atoms with Gasteiger partial charge in [-0.15, -0.1) is 0 Å². The van der Waals surface area contributed by atoms with Gasteiger partial charge in [0.1, 0.15) is 0 Å². The van der Waals surface area contributed by atoms with Gasteiger partial charge in [-0.2, -0.15) is 0 Å². The standard InChI is InChI=1S/C15H12O5/c1-19-13-9-11(14(16)17)7-8-12(13)20-15(18)10-5-3-2-4-6-10/h2-9H,1H3,(H,16,17). The fourth-order valence-corrected chi connectivity index (χ4v) is 1.62. The van der Waals surface area contributed by atoms with Gasteiger partial charge in [-0.25, -0.2) is 9.59 Å². The van der Waals surface area contributed by atoms with Gasteiger partial charge in [0.2, 0.25) is 0 Å². The Labute approximate surface area is 115 Å². The summed E-state index contributed by atoms with van der Waals surface area (Å²) < 4.78 is 10.2. The highest BCUT2D eigenvalue weighted by Gasteiger charge is 2.14. The zero-order valence-electron chi connectivity index (χ0n) is 10.7. The molecule has 0 bridgehead atoms. The summed E-state index contributed by atoms with van der Waals surface area (Å²) in [6.07, 6.45) is 0. The molecule has 0 amide bonds. The number of carbonyl (C=O) groups excluding carboxylic acids is 1. The molecule has 2 rings (SSSR count). The van der Waals surface area contributed by atoms with Crippen LogP contribution in [-0.2, 0) is 0 Å². The number of rotatable bonds is 4. The number of benzene rings is 2. The Hall–Kier alpha value is -2.82. The number of esters is 1. The SMILES string of the molecule is COc1cc(C(=O)O)ccc1OC(=O)c1ccccc1. The Kier molecular flexibility index (Phi) is 4.00. The van der Waals surface area contributed by atoms with Crippen LogP contribution in [0, 0.1) is 0 Å². The molecule has 102 valence electrons. The molecule has 0 spiro atoms. The number of carboxylic acids is 1. The first-order chi connectivity index (χ1) is 9.61. The Morgan fingerprint density at radius 3 is 2.25 bits per heavy atom. The first-order valence-electron chi connectivity index (χ1n) is 5.80. The average Bonchev–Trinajstić information content (AvgIpc) is 2.48. The van der Waals surface area contributed by atoms with Gasteiger partial charge in [-0.3, -0.25) is 0 Å². The van der Waals surface area contributed by atoms with Crippen LogP contribution in [0.25, 0.3) is 0 Å². The first-order valence-corrected chi connectivity index (χ1v) is 5.80. The number of methoxy groups -OCH3 is 1. The molecule has 0 atom stereocenters. The van der Waals surface area contributed by atoms with E-state index < -0.39 is 11.9 Å². The maximum atomic E-state index is 11.9. The highest BCUT2D eigenvalue weighted by molar-refractivity contribution is 5.92. The van der Waals surface area contributed by atoms with Crippen molar-refractivity contribution in [3.8, 4) is 11.5 Å². The van der Waals surface area contributed by atoms with Crippen molar-refractivity contribution in [1.82, 2.24) is 0 Å². The maximum Gasteiger partial charge on any atom is 0.343 e. The van der Waals surface area contributed by atoms with E-state index in [0.29, 0.717) is 5.56 Å². The largest absolute Gasteiger partial charge is 0.493 e. The minimum absolute atomic E-state index is 0.0568. The van der Waals surface area contributed by atoms with E-state index in [0.717, 1.165) is 0 Å². The summed E-state index contributed by atoms with van der Waals surface area (Å²) in [5.74, 6) is -1.25. The van der Waals surface area contributed by atoms with Crippen LogP contribution in [0.15, 0.2) is 48.5 Å². The normalized spacial score (nSPS) is 9.85. The zero-order chi connectivity index (χ0) is 14.5. The maximum absolute atomic E-state index is 11.9. The van der Waals surface area contributed by atoms with E-state index in [4.69, 9.17) is 14.6 Å². The predicted molar refractivity (Wildman–Crippen MR) is 71.4 cm³/mol. The van der Waals surface area contributed by atoms with Gasteiger partial charge in [0, 0.05) is 0 Å². The van der Waals surface area contributed by atoms with E-state index >= 15 is 0 Å². The molecule has 2 aromatic carbocycles. The lowest BCUT2D eigenvalue weighted by molar-refractivity contribution is 0.0696. The van der Waals surface area contributed by atoms with Crippen LogP contribution in [0.5, 0.6) is 11.5 Å².